The highest BCUT2D eigenvalue weighted by Gasteiger charge is 2.44. The topological polar surface area (TPSA) is 44.8 Å². The fourth-order valence-electron chi connectivity index (χ4n) is 2.92. The molecule has 4 heteroatoms. The van der Waals surface area contributed by atoms with Gasteiger partial charge in [0.25, 0.3) is 0 Å². The van der Waals surface area contributed by atoms with Gasteiger partial charge in [0, 0.05) is 0 Å². The molecule has 1 aliphatic heterocycles. The molecule has 4 atom stereocenters. The fraction of sp³-hybridized carbons (Fsp3) is 0.350. The van der Waals surface area contributed by atoms with Gasteiger partial charge in [0.05, 0.1) is 19.3 Å². The van der Waals surface area contributed by atoms with Crippen LogP contribution in [0.1, 0.15) is 18.1 Å². The molecule has 0 spiro atoms. The van der Waals surface area contributed by atoms with Gasteiger partial charge in [0.1, 0.15) is 18.3 Å². The van der Waals surface area contributed by atoms with E-state index in [1.807, 2.05) is 67.6 Å². The van der Waals surface area contributed by atoms with Crippen LogP contribution in [0.25, 0.3) is 0 Å². The molecule has 0 saturated carbocycles. The highest BCUT2D eigenvalue weighted by atomic mass is 16.6. The summed E-state index contributed by atoms with van der Waals surface area (Å²) < 4.78 is 17.7. The molecule has 1 heterocycles. The highest BCUT2D eigenvalue weighted by molar-refractivity contribution is 5.58. The van der Waals surface area contributed by atoms with E-state index in [9.17, 15) is 4.79 Å². The van der Waals surface area contributed by atoms with Gasteiger partial charge in [0.15, 0.2) is 6.29 Å². The van der Waals surface area contributed by atoms with Crippen molar-refractivity contribution in [2.24, 2.45) is 0 Å². The standard InChI is InChI=1S/C20H22O4/c1-15-19(22-13-16-8-4-2-5-9-16)20(18(12-21)24-15)23-14-17-10-6-3-7-11-17/h2-12,15,18-20H,13-14H2,1H3/t15-,18-,19-,20-/m0/s1. The van der Waals surface area contributed by atoms with Crippen molar-refractivity contribution in [1.29, 1.82) is 0 Å². The molecular weight excluding hydrogens is 304 g/mol. The molecule has 0 N–H and O–H groups in total. The zero-order valence-corrected chi connectivity index (χ0v) is 13.7. The maximum absolute atomic E-state index is 11.3. The van der Waals surface area contributed by atoms with Gasteiger partial charge < -0.3 is 19.0 Å². The largest absolute Gasteiger partial charge is 0.368 e. The third kappa shape index (κ3) is 4.09. The van der Waals surface area contributed by atoms with Crippen molar-refractivity contribution < 1.29 is 19.0 Å². The normalized spacial score (nSPS) is 26.4. The number of rotatable bonds is 7. The van der Waals surface area contributed by atoms with Crippen molar-refractivity contribution in [1.82, 2.24) is 0 Å². The average Bonchev–Trinajstić information content (AvgIpc) is 2.94. The van der Waals surface area contributed by atoms with Gasteiger partial charge in [-0.3, -0.25) is 0 Å². The lowest BCUT2D eigenvalue weighted by Gasteiger charge is -2.23. The number of carbonyl (C=O) groups is 1. The number of benzene rings is 2. The van der Waals surface area contributed by atoms with Crippen molar-refractivity contribution in [3.8, 4) is 0 Å². The Morgan fingerprint density at radius 1 is 0.875 bits per heavy atom. The molecule has 1 saturated heterocycles. The van der Waals surface area contributed by atoms with Crippen LogP contribution in [0, 0.1) is 0 Å². The first-order valence-electron chi connectivity index (χ1n) is 8.20. The number of aldehydes is 1. The van der Waals surface area contributed by atoms with Crippen LogP contribution in [-0.2, 0) is 32.2 Å². The summed E-state index contributed by atoms with van der Waals surface area (Å²) >= 11 is 0. The fourth-order valence-corrected chi connectivity index (χ4v) is 2.92. The predicted molar refractivity (Wildman–Crippen MR) is 90.4 cm³/mol. The summed E-state index contributed by atoms with van der Waals surface area (Å²) in [5.41, 5.74) is 2.14. The Kier molecular flexibility index (Phi) is 5.75. The van der Waals surface area contributed by atoms with Crippen LogP contribution in [0.15, 0.2) is 60.7 Å². The Labute approximate surface area is 142 Å². The van der Waals surface area contributed by atoms with E-state index >= 15 is 0 Å². The van der Waals surface area contributed by atoms with Gasteiger partial charge in [0.2, 0.25) is 0 Å². The van der Waals surface area contributed by atoms with E-state index in [1.165, 1.54) is 0 Å². The van der Waals surface area contributed by atoms with Crippen LogP contribution in [0.5, 0.6) is 0 Å². The van der Waals surface area contributed by atoms with E-state index in [2.05, 4.69) is 0 Å². The summed E-state index contributed by atoms with van der Waals surface area (Å²) in [6.45, 7) is 2.81. The minimum Gasteiger partial charge on any atom is -0.368 e. The van der Waals surface area contributed by atoms with Gasteiger partial charge >= 0.3 is 0 Å². The van der Waals surface area contributed by atoms with Crippen LogP contribution in [0.4, 0.5) is 0 Å². The smallest absolute Gasteiger partial charge is 0.151 e. The molecular formula is C20H22O4. The second-order valence-electron chi connectivity index (χ2n) is 5.96. The third-order valence-corrected chi connectivity index (χ3v) is 4.19. The van der Waals surface area contributed by atoms with Gasteiger partial charge in [-0.05, 0) is 18.1 Å². The molecule has 0 unspecified atom stereocenters. The average molecular weight is 326 g/mol. The summed E-state index contributed by atoms with van der Waals surface area (Å²) in [5.74, 6) is 0. The van der Waals surface area contributed by atoms with E-state index < -0.39 is 12.2 Å². The lowest BCUT2D eigenvalue weighted by atomic mass is 10.1. The maximum atomic E-state index is 11.3. The summed E-state index contributed by atoms with van der Waals surface area (Å²) in [5, 5.41) is 0. The molecule has 2 aromatic carbocycles. The Bertz CT molecular complexity index is 629. The summed E-state index contributed by atoms with van der Waals surface area (Å²) in [4.78, 5) is 11.3. The van der Waals surface area contributed by atoms with Gasteiger partial charge in [-0.25, -0.2) is 0 Å². The van der Waals surface area contributed by atoms with E-state index in [1.54, 1.807) is 0 Å². The minimum atomic E-state index is -0.593. The molecule has 3 rings (SSSR count). The molecule has 1 aliphatic rings. The van der Waals surface area contributed by atoms with Crippen molar-refractivity contribution in [2.45, 2.75) is 44.6 Å². The Morgan fingerprint density at radius 2 is 1.38 bits per heavy atom. The first-order chi connectivity index (χ1) is 11.8. The molecule has 4 nitrogen and oxygen atoms in total. The third-order valence-electron chi connectivity index (χ3n) is 4.19. The first kappa shape index (κ1) is 16.8. The zero-order valence-electron chi connectivity index (χ0n) is 13.7. The van der Waals surface area contributed by atoms with Gasteiger partial charge in [-0.2, -0.15) is 0 Å². The maximum Gasteiger partial charge on any atom is 0.151 e. The monoisotopic (exact) mass is 326 g/mol. The summed E-state index contributed by atoms with van der Waals surface area (Å²) in [7, 11) is 0. The van der Waals surface area contributed by atoms with Crippen LogP contribution >= 0.6 is 0 Å². The van der Waals surface area contributed by atoms with Crippen molar-refractivity contribution in [3.05, 3.63) is 71.8 Å². The molecule has 126 valence electrons. The molecule has 0 radical (unpaired) electrons. The summed E-state index contributed by atoms with van der Waals surface area (Å²) in [6, 6.07) is 19.8. The Morgan fingerprint density at radius 3 is 1.88 bits per heavy atom. The molecule has 0 amide bonds. The van der Waals surface area contributed by atoms with Crippen molar-refractivity contribution >= 4 is 6.29 Å². The molecule has 2 aromatic rings. The molecule has 0 bridgehead atoms. The quantitative estimate of drug-likeness (QED) is 0.733. The minimum absolute atomic E-state index is 0.190. The van der Waals surface area contributed by atoms with Gasteiger partial charge in [-0.15, -0.1) is 0 Å². The molecule has 1 fully saturated rings. The van der Waals surface area contributed by atoms with E-state index in [-0.39, 0.29) is 12.2 Å². The lowest BCUT2D eigenvalue weighted by Crippen LogP contribution is -2.37. The SMILES string of the molecule is C[C@@H]1O[C@@H](C=O)[C@H](OCc2ccccc2)[C@H]1OCc1ccccc1. The number of ether oxygens (including phenoxy) is 3. The van der Waals surface area contributed by atoms with Gasteiger partial charge in [-0.1, -0.05) is 60.7 Å². The van der Waals surface area contributed by atoms with Crippen LogP contribution in [-0.4, -0.2) is 30.7 Å². The van der Waals surface area contributed by atoms with Crippen LogP contribution in [0.2, 0.25) is 0 Å². The first-order valence-corrected chi connectivity index (χ1v) is 8.20. The Hall–Kier alpha value is -2.01. The second-order valence-corrected chi connectivity index (χ2v) is 5.96. The number of hydrogen-bond acceptors (Lipinski definition) is 4. The number of hydrogen-bond donors (Lipinski definition) is 0. The Balaban J connectivity index is 1.64. The lowest BCUT2D eigenvalue weighted by molar-refractivity contribution is -0.124. The molecule has 24 heavy (non-hydrogen) atoms. The zero-order chi connectivity index (χ0) is 16.8. The number of carbonyl (C=O) groups excluding carboxylic acids is 1. The highest BCUT2D eigenvalue weighted by Crippen LogP contribution is 2.27. The van der Waals surface area contributed by atoms with E-state index in [0.717, 1.165) is 17.4 Å². The molecule has 0 aromatic heterocycles. The molecule has 0 aliphatic carbocycles. The predicted octanol–water partition coefficient (Wildman–Crippen LogP) is 3.14. The van der Waals surface area contributed by atoms with Crippen LogP contribution < -0.4 is 0 Å². The van der Waals surface area contributed by atoms with E-state index in [0.29, 0.717) is 13.2 Å². The van der Waals surface area contributed by atoms with E-state index in [4.69, 9.17) is 14.2 Å². The van der Waals surface area contributed by atoms with Crippen LogP contribution in [0.3, 0.4) is 0 Å². The second kappa shape index (κ2) is 8.20. The van der Waals surface area contributed by atoms with Crippen molar-refractivity contribution in [2.75, 3.05) is 0 Å². The summed E-state index contributed by atoms with van der Waals surface area (Å²) in [6.07, 6.45) is -0.655. The van der Waals surface area contributed by atoms with Crippen molar-refractivity contribution in [3.63, 3.8) is 0 Å².